The topological polar surface area (TPSA) is 81.2 Å². The molecule has 2 saturated heterocycles. The zero-order chi connectivity index (χ0) is 24.7. The number of halogens is 1. The standard InChI is InChI=1S/C25H29FN4O4S/c1-18-8-10-29(11-9-18)35(33,34)21-6-7-23-22(16-21)24(31)25(32)30(23)17-27-12-14-28(15-13-27)20-4-2-19(26)3-5-20/h2-7,16,18H,8-15,17H2,1H3. The molecule has 0 atom stereocenters. The molecule has 3 heterocycles. The molecule has 35 heavy (non-hydrogen) atoms. The van der Waals surface area contributed by atoms with Crippen LogP contribution < -0.4 is 9.80 Å². The third kappa shape index (κ3) is 4.57. The van der Waals surface area contributed by atoms with Crippen LogP contribution in [-0.2, 0) is 14.8 Å². The van der Waals surface area contributed by atoms with E-state index in [1.807, 2.05) is 0 Å². The van der Waals surface area contributed by atoms with Gasteiger partial charge in [-0.2, -0.15) is 4.31 Å². The van der Waals surface area contributed by atoms with Crippen molar-refractivity contribution in [1.82, 2.24) is 9.21 Å². The van der Waals surface area contributed by atoms with Crippen LogP contribution in [0.25, 0.3) is 0 Å². The van der Waals surface area contributed by atoms with Crippen molar-refractivity contribution in [3.05, 3.63) is 53.8 Å². The van der Waals surface area contributed by atoms with Gasteiger partial charge in [-0.25, -0.2) is 12.8 Å². The monoisotopic (exact) mass is 500 g/mol. The van der Waals surface area contributed by atoms with E-state index in [9.17, 15) is 22.4 Å². The van der Waals surface area contributed by atoms with Gasteiger partial charge in [-0.3, -0.25) is 19.4 Å². The average Bonchev–Trinajstić information content (AvgIpc) is 3.09. The Morgan fingerprint density at radius 3 is 2.23 bits per heavy atom. The van der Waals surface area contributed by atoms with E-state index < -0.39 is 21.7 Å². The lowest BCUT2D eigenvalue weighted by Crippen LogP contribution is -2.51. The number of anilines is 2. The van der Waals surface area contributed by atoms with E-state index in [1.54, 1.807) is 18.2 Å². The van der Waals surface area contributed by atoms with Gasteiger partial charge in [0.15, 0.2) is 0 Å². The lowest BCUT2D eigenvalue weighted by atomic mass is 10.0. The number of nitrogens with zero attached hydrogens (tertiary/aromatic N) is 4. The highest BCUT2D eigenvalue weighted by Gasteiger charge is 2.39. The van der Waals surface area contributed by atoms with Crippen LogP contribution in [0, 0.1) is 11.7 Å². The zero-order valence-electron chi connectivity index (χ0n) is 19.7. The second-order valence-corrected chi connectivity index (χ2v) is 11.5. The van der Waals surface area contributed by atoms with Gasteiger partial charge in [0.1, 0.15) is 5.82 Å². The first-order valence-electron chi connectivity index (χ1n) is 12.0. The molecule has 5 rings (SSSR count). The molecule has 2 fully saturated rings. The Hall–Kier alpha value is -2.82. The number of hydrogen-bond acceptors (Lipinski definition) is 6. The number of amides is 1. The van der Waals surface area contributed by atoms with E-state index in [2.05, 4.69) is 16.7 Å². The number of piperazine rings is 1. The van der Waals surface area contributed by atoms with E-state index in [4.69, 9.17) is 0 Å². The summed E-state index contributed by atoms with van der Waals surface area (Å²) < 4.78 is 40.9. The normalized spacial score (nSPS) is 20.5. The summed E-state index contributed by atoms with van der Waals surface area (Å²) in [5.74, 6) is -1.09. The molecule has 2 aromatic carbocycles. The van der Waals surface area contributed by atoms with Gasteiger partial charge in [-0.1, -0.05) is 6.92 Å². The molecule has 186 valence electrons. The molecule has 10 heteroatoms. The third-order valence-electron chi connectivity index (χ3n) is 7.23. The Morgan fingerprint density at radius 2 is 1.57 bits per heavy atom. The van der Waals surface area contributed by atoms with Crippen molar-refractivity contribution < 1.29 is 22.4 Å². The van der Waals surface area contributed by atoms with Crippen LogP contribution in [0.3, 0.4) is 0 Å². The number of fused-ring (bicyclic) bond motifs is 1. The highest BCUT2D eigenvalue weighted by molar-refractivity contribution is 7.89. The van der Waals surface area contributed by atoms with Gasteiger partial charge in [-0.15, -0.1) is 0 Å². The van der Waals surface area contributed by atoms with E-state index in [-0.39, 0.29) is 22.9 Å². The summed E-state index contributed by atoms with van der Waals surface area (Å²) in [6, 6.07) is 10.8. The van der Waals surface area contributed by atoms with Gasteiger partial charge < -0.3 is 4.90 Å². The second-order valence-electron chi connectivity index (χ2n) is 9.55. The summed E-state index contributed by atoms with van der Waals surface area (Å²) in [5.41, 5.74) is 1.54. The SMILES string of the molecule is CC1CCN(S(=O)(=O)c2ccc3c(c2)C(=O)C(=O)N3CN2CCN(c3ccc(F)cc3)CC2)CC1. The van der Waals surface area contributed by atoms with Gasteiger partial charge in [0.05, 0.1) is 22.8 Å². The molecule has 0 spiro atoms. The van der Waals surface area contributed by atoms with Crippen molar-refractivity contribution in [2.75, 3.05) is 55.7 Å². The fraction of sp³-hybridized carbons (Fsp3) is 0.440. The van der Waals surface area contributed by atoms with Crippen molar-refractivity contribution in [3.8, 4) is 0 Å². The fourth-order valence-corrected chi connectivity index (χ4v) is 6.45. The molecule has 3 aliphatic rings. The predicted octanol–water partition coefficient (Wildman–Crippen LogP) is 2.56. The molecule has 0 N–H and O–H groups in total. The van der Waals surface area contributed by atoms with E-state index in [0.717, 1.165) is 18.5 Å². The molecule has 0 bridgehead atoms. The number of carbonyl (C=O) groups is 2. The Labute approximate surface area is 205 Å². The summed E-state index contributed by atoms with van der Waals surface area (Å²) >= 11 is 0. The Bertz CT molecular complexity index is 1230. The summed E-state index contributed by atoms with van der Waals surface area (Å²) in [6.07, 6.45) is 1.62. The highest BCUT2D eigenvalue weighted by Crippen LogP contribution is 2.33. The number of rotatable bonds is 5. The van der Waals surface area contributed by atoms with Gasteiger partial charge in [0, 0.05) is 45.0 Å². The molecule has 0 aromatic heterocycles. The number of Topliss-reactive ketones (excluding diaryl/α,β-unsaturated/α-hetero) is 1. The van der Waals surface area contributed by atoms with E-state index in [1.165, 1.54) is 33.5 Å². The predicted molar refractivity (Wildman–Crippen MR) is 130 cm³/mol. The van der Waals surface area contributed by atoms with Gasteiger partial charge in [0.2, 0.25) is 10.0 Å². The zero-order valence-corrected chi connectivity index (χ0v) is 20.5. The number of hydrogen-bond donors (Lipinski definition) is 0. The Kier molecular flexibility index (Phi) is 6.37. The molecular weight excluding hydrogens is 471 g/mol. The average molecular weight is 501 g/mol. The van der Waals surface area contributed by atoms with Crippen molar-refractivity contribution in [1.29, 1.82) is 0 Å². The maximum Gasteiger partial charge on any atom is 0.300 e. The largest absolute Gasteiger partial charge is 0.369 e. The van der Waals surface area contributed by atoms with Crippen LogP contribution in [0.15, 0.2) is 47.4 Å². The number of piperidine rings is 1. The number of carbonyl (C=O) groups excluding carboxylic acids is 2. The van der Waals surface area contributed by atoms with Gasteiger partial charge in [-0.05, 0) is 61.2 Å². The quantitative estimate of drug-likeness (QED) is 0.587. The van der Waals surface area contributed by atoms with Crippen molar-refractivity contribution in [2.24, 2.45) is 5.92 Å². The maximum absolute atomic E-state index is 13.2. The molecular formula is C25H29FN4O4S. The Morgan fingerprint density at radius 1 is 0.914 bits per heavy atom. The van der Waals surface area contributed by atoms with Crippen LogP contribution in [0.2, 0.25) is 0 Å². The lowest BCUT2D eigenvalue weighted by molar-refractivity contribution is -0.114. The Balaban J connectivity index is 1.28. The first-order chi connectivity index (χ1) is 16.7. The molecule has 0 saturated carbocycles. The van der Waals surface area contributed by atoms with E-state index >= 15 is 0 Å². The number of benzene rings is 2. The highest BCUT2D eigenvalue weighted by atomic mass is 32.2. The smallest absolute Gasteiger partial charge is 0.300 e. The minimum atomic E-state index is -3.72. The van der Waals surface area contributed by atoms with Gasteiger partial charge >= 0.3 is 5.91 Å². The van der Waals surface area contributed by atoms with Gasteiger partial charge in [0.25, 0.3) is 5.78 Å². The number of sulfonamides is 1. The fourth-order valence-electron chi connectivity index (χ4n) is 4.95. The van der Waals surface area contributed by atoms with Crippen molar-refractivity contribution in [2.45, 2.75) is 24.7 Å². The van der Waals surface area contributed by atoms with Crippen LogP contribution in [0.5, 0.6) is 0 Å². The molecule has 0 radical (unpaired) electrons. The van der Waals surface area contributed by atoms with Crippen LogP contribution in [0.4, 0.5) is 15.8 Å². The molecule has 0 aliphatic carbocycles. The molecule has 1 amide bonds. The maximum atomic E-state index is 13.2. The second kappa shape index (κ2) is 9.33. The summed E-state index contributed by atoms with van der Waals surface area (Å²) in [6.45, 7) is 6.05. The van der Waals surface area contributed by atoms with Crippen LogP contribution >= 0.6 is 0 Å². The lowest BCUT2D eigenvalue weighted by Gasteiger charge is -2.37. The molecule has 2 aromatic rings. The van der Waals surface area contributed by atoms with Crippen LogP contribution in [0.1, 0.15) is 30.1 Å². The summed E-state index contributed by atoms with van der Waals surface area (Å²) in [7, 11) is -3.72. The minimum Gasteiger partial charge on any atom is -0.369 e. The molecule has 3 aliphatic heterocycles. The molecule has 8 nitrogen and oxygen atoms in total. The van der Waals surface area contributed by atoms with Crippen LogP contribution in [-0.4, -0.2) is 75.3 Å². The first kappa shape index (κ1) is 23.9. The summed E-state index contributed by atoms with van der Waals surface area (Å²) in [5, 5.41) is 0. The molecule has 0 unspecified atom stereocenters. The van der Waals surface area contributed by atoms with Crippen molar-refractivity contribution in [3.63, 3.8) is 0 Å². The minimum absolute atomic E-state index is 0.0571. The number of ketones is 1. The van der Waals surface area contributed by atoms with E-state index in [0.29, 0.717) is 50.9 Å². The van der Waals surface area contributed by atoms with Crippen molar-refractivity contribution >= 4 is 33.1 Å². The summed E-state index contributed by atoms with van der Waals surface area (Å²) in [4.78, 5) is 31.3. The third-order valence-corrected chi connectivity index (χ3v) is 9.12. The first-order valence-corrected chi connectivity index (χ1v) is 13.4.